The number of hydrogen-bond acceptors (Lipinski definition) is 2. The number of nitrogens with zero attached hydrogens (tertiary/aromatic N) is 1. The summed E-state index contributed by atoms with van der Waals surface area (Å²) in [5.74, 6) is 0.240. The van der Waals surface area contributed by atoms with Crippen LogP contribution in [0.15, 0.2) is 24.3 Å². The van der Waals surface area contributed by atoms with Gasteiger partial charge >= 0.3 is 0 Å². The minimum atomic E-state index is 0.189. The van der Waals surface area contributed by atoms with Crippen molar-refractivity contribution in [2.24, 2.45) is 0 Å². The summed E-state index contributed by atoms with van der Waals surface area (Å²) in [6.45, 7) is 7.49. The molecule has 2 rings (SSSR count). The van der Waals surface area contributed by atoms with Gasteiger partial charge in [-0.25, -0.2) is 0 Å². The van der Waals surface area contributed by atoms with Crippen LogP contribution in [-0.2, 0) is 16.0 Å². The molecule has 1 aliphatic heterocycles. The standard InChI is InChI=1S/C16H23NO2/c1-12-4-6-15(7-5-12)8-9-16(18)17-13(2)10-19-11-14(17)3/h4-7,13-14H,8-11H2,1-3H3. The van der Waals surface area contributed by atoms with E-state index >= 15 is 0 Å². The molecule has 0 saturated carbocycles. The third-order valence-corrected chi connectivity index (χ3v) is 3.70. The molecule has 1 aromatic rings. The van der Waals surface area contributed by atoms with Crippen molar-refractivity contribution in [3.8, 4) is 0 Å². The topological polar surface area (TPSA) is 29.5 Å². The Hall–Kier alpha value is -1.35. The first-order valence-corrected chi connectivity index (χ1v) is 7.02. The van der Waals surface area contributed by atoms with Crippen LogP contribution < -0.4 is 0 Å². The van der Waals surface area contributed by atoms with Gasteiger partial charge in [0.05, 0.1) is 25.3 Å². The van der Waals surface area contributed by atoms with E-state index in [4.69, 9.17) is 4.74 Å². The molecule has 1 heterocycles. The molecule has 1 fully saturated rings. The van der Waals surface area contributed by atoms with E-state index in [1.807, 2.05) is 4.90 Å². The van der Waals surface area contributed by atoms with Gasteiger partial charge in [0.1, 0.15) is 0 Å². The summed E-state index contributed by atoms with van der Waals surface area (Å²) >= 11 is 0. The highest BCUT2D eigenvalue weighted by atomic mass is 16.5. The highest BCUT2D eigenvalue weighted by molar-refractivity contribution is 5.77. The van der Waals surface area contributed by atoms with Crippen molar-refractivity contribution in [2.45, 2.75) is 45.7 Å². The Morgan fingerprint density at radius 2 is 1.79 bits per heavy atom. The summed E-state index contributed by atoms with van der Waals surface area (Å²) in [7, 11) is 0. The zero-order valence-electron chi connectivity index (χ0n) is 12.1. The number of rotatable bonds is 3. The van der Waals surface area contributed by atoms with Crippen LogP contribution in [0.3, 0.4) is 0 Å². The van der Waals surface area contributed by atoms with Crippen molar-refractivity contribution in [3.63, 3.8) is 0 Å². The number of hydrogen-bond donors (Lipinski definition) is 0. The predicted molar refractivity (Wildman–Crippen MR) is 76.1 cm³/mol. The quantitative estimate of drug-likeness (QED) is 0.837. The largest absolute Gasteiger partial charge is 0.377 e. The van der Waals surface area contributed by atoms with Gasteiger partial charge in [0.15, 0.2) is 0 Å². The summed E-state index contributed by atoms with van der Waals surface area (Å²) in [6, 6.07) is 8.78. The number of carbonyl (C=O) groups is 1. The molecule has 0 N–H and O–H groups in total. The Morgan fingerprint density at radius 3 is 2.37 bits per heavy atom. The van der Waals surface area contributed by atoms with Crippen LogP contribution in [0.1, 0.15) is 31.4 Å². The minimum Gasteiger partial charge on any atom is -0.377 e. The van der Waals surface area contributed by atoms with Gasteiger partial charge in [0.2, 0.25) is 5.91 Å². The molecule has 19 heavy (non-hydrogen) atoms. The third-order valence-electron chi connectivity index (χ3n) is 3.70. The second-order valence-electron chi connectivity index (χ2n) is 5.52. The molecule has 3 heteroatoms. The Bertz CT molecular complexity index is 417. The van der Waals surface area contributed by atoms with Gasteiger partial charge in [0, 0.05) is 6.42 Å². The monoisotopic (exact) mass is 261 g/mol. The molecule has 0 spiro atoms. The van der Waals surface area contributed by atoms with Crippen molar-refractivity contribution in [1.82, 2.24) is 4.90 Å². The van der Waals surface area contributed by atoms with Crippen molar-refractivity contribution < 1.29 is 9.53 Å². The molecule has 0 aliphatic carbocycles. The summed E-state index contributed by atoms with van der Waals surface area (Å²) in [6.07, 6.45) is 1.40. The molecule has 1 aliphatic rings. The molecule has 1 saturated heterocycles. The van der Waals surface area contributed by atoms with Gasteiger partial charge in [-0.1, -0.05) is 29.8 Å². The summed E-state index contributed by atoms with van der Waals surface area (Å²) in [5.41, 5.74) is 2.48. The van der Waals surface area contributed by atoms with Crippen LogP contribution in [0, 0.1) is 6.92 Å². The van der Waals surface area contributed by atoms with Gasteiger partial charge in [-0.05, 0) is 32.8 Å². The van der Waals surface area contributed by atoms with Crippen LogP contribution in [0.2, 0.25) is 0 Å². The average molecular weight is 261 g/mol. The molecule has 0 bridgehead atoms. The molecule has 3 nitrogen and oxygen atoms in total. The second-order valence-corrected chi connectivity index (χ2v) is 5.52. The van der Waals surface area contributed by atoms with Crippen LogP contribution in [0.5, 0.6) is 0 Å². The Balaban J connectivity index is 1.91. The van der Waals surface area contributed by atoms with E-state index in [1.165, 1.54) is 11.1 Å². The molecule has 104 valence electrons. The van der Waals surface area contributed by atoms with Crippen LogP contribution in [-0.4, -0.2) is 36.1 Å². The first-order chi connectivity index (χ1) is 9.08. The fourth-order valence-electron chi connectivity index (χ4n) is 2.63. The highest BCUT2D eigenvalue weighted by Crippen LogP contribution is 2.16. The molecule has 2 atom stereocenters. The second kappa shape index (κ2) is 6.20. The molecule has 1 aromatic carbocycles. The van der Waals surface area contributed by atoms with E-state index in [1.54, 1.807) is 0 Å². The number of morpholine rings is 1. The summed E-state index contributed by atoms with van der Waals surface area (Å²) in [4.78, 5) is 14.3. The number of carbonyl (C=O) groups excluding carboxylic acids is 1. The van der Waals surface area contributed by atoms with Gasteiger partial charge in [-0.2, -0.15) is 0 Å². The lowest BCUT2D eigenvalue weighted by molar-refractivity contribution is -0.144. The van der Waals surface area contributed by atoms with E-state index in [0.29, 0.717) is 19.6 Å². The molecule has 1 amide bonds. The Kier molecular flexibility index (Phi) is 4.59. The summed E-state index contributed by atoms with van der Waals surface area (Å²) in [5, 5.41) is 0. The van der Waals surface area contributed by atoms with Gasteiger partial charge in [0.25, 0.3) is 0 Å². The van der Waals surface area contributed by atoms with Crippen molar-refractivity contribution in [2.75, 3.05) is 13.2 Å². The number of aryl methyl sites for hydroxylation is 2. The molecular weight excluding hydrogens is 238 g/mol. The van der Waals surface area contributed by atoms with Gasteiger partial charge in [-0.3, -0.25) is 4.79 Å². The summed E-state index contributed by atoms with van der Waals surface area (Å²) < 4.78 is 5.46. The van der Waals surface area contributed by atoms with E-state index in [2.05, 4.69) is 45.0 Å². The van der Waals surface area contributed by atoms with E-state index in [-0.39, 0.29) is 18.0 Å². The molecular formula is C16H23NO2. The average Bonchev–Trinajstić information content (AvgIpc) is 2.38. The zero-order valence-corrected chi connectivity index (χ0v) is 12.1. The third kappa shape index (κ3) is 3.57. The zero-order chi connectivity index (χ0) is 13.8. The first-order valence-electron chi connectivity index (χ1n) is 7.02. The van der Waals surface area contributed by atoms with Crippen molar-refractivity contribution in [1.29, 1.82) is 0 Å². The first kappa shape index (κ1) is 14.1. The SMILES string of the molecule is Cc1ccc(CCC(=O)N2C(C)COCC2C)cc1. The lowest BCUT2D eigenvalue weighted by atomic mass is 10.1. The number of benzene rings is 1. The van der Waals surface area contributed by atoms with Gasteiger partial charge in [-0.15, -0.1) is 0 Å². The number of ether oxygens (including phenoxy) is 1. The van der Waals surface area contributed by atoms with Crippen molar-refractivity contribution in [3.05, 3.63) is 35.4 Å². The number of amides is 1. The van der Waals surface area contributed by atoms with Crippen LogP contribution in [0.4, 0.5) is 0 Å². The van der Waals surface area contributed by atoms with E-state index in [0.717, 1.165) is 6.42 Å². The van der Waals surface area contributed by atoms with Crippen LogP contribution in [0.25, 0.3) is 0 Å². The minimum absolute atomic E-state index is 0.189. The maximum Gasteiger partial charge on any atom is 0.223 e. The maximum atomic E-state index is 12.3. The normalized spacial score (nSPS) is 23.4. The van der Waals surface area contributed by atoms with E-state index in [9.17, 15) is 4.79 Å². The smallest absolute Gasteiger partial charge is 0.223 e. The Labute approximate surface area is 115 Å². The predicted octanol–water partition coefficient (Wildman–Crippen LogP) is 2.56. The molecule has 0 aromatic heterocycles. The van der Waals surface area contributed by atoms with Crippen molar-refractivity contribution >= 4 is 5.91 Å². The fourth-order valence-corrected chi connectivity index (χ4v) is 2.63. The van der Waals surface area contributed by atoms with Gasteiger partial charge < -0.3 is 9.64 Å². The molecule has 0 radical (unpaired) electrons. The van der Waals surface area contributed by atoms with E-state index < -0.39 is 0 Å². The lowest BCUT2D eigenvalue weighted by Crippen LogP contribution is -2.52. The lowest BCUT2D eigenvalue weighted by Gasteiger charge is -2.38. The van der Waals surface area contributed by atoms with Crippen LogP contribution >= 0.6 is 0 Å². The fraction of sp³-hybridized carbons (Fsp3) is 0.562. The Morgan fingerprint density at radius 1 is 1.21 bits per heavy atom. The molecule has 2 unspecified atom stereocenters. The highest BCUT2D eigenvalue weighted by Gasteiger charge is 2.28. The maximum absolute atomic E-state index is 12.3.